The number of hydrogen-bond acceptors (Lipinski definition) is 3. The van der Waals surface area contributed by atoms with E-state index in [2.05, 4.69) is 42.1 Å². The molecule has 2 aromatic rings. The fourth-order valence-electron chi connectivity index (χ4n) is 2.10. The van der Waals surface area contributed by atoms with E-state index in [0.717, 1.165) is 16.9 Å². The third-order valence-corrected chi connectivity index (χ3v) is 3.28. The lowest BCUT2D eigenvalue weighted by molar-refractivity contribution is -0.139. The zero-order valence-corrected chi connectivity index (χ0v) is 12.1. The molecule has 0 spiro atoms. The Balaban J connectivity index is 2.13. The van der Waals surface area contributed by atoms with Crippen molar-refractivity contribution in [2.75, 3.05) is 12.4 Å². The van der Waals surface area contributed by atoms with Crippen molar-refractivity contribution in [1.29, 1.82) is 0 Å². The van der Waals surface area contributed by atoms with Crippen LogP contribution >= 0.6 is 0 Å². The summed E-state index contributed by atoms with van der Waals surface area (Å²) < 4.78 is 4.66. The van der Waals surface area contributed by atoms with Crippen LogP contribution in [-0.2, 0) is 16.0 Å². The molecule has 0 saturated heterocycles. The van der Waals surface area contributed by atoms with E-state index in [4.69, 9.17) is 0 Å². The van der Waals surface area contributed by atoms with E-state index in [1.807, 2.05) is 24.3 Å². The first kappa shape index (κ1) is 14.1. The number of carbonyl (C=O) groups is 1. The molecule has 2 aromatic carbocycles. The highest BCUT2D eigenvalue weighted by Crippen LogP contribution is 2.24. The summed E-state index contributed by atoms with van der Waals surface area (Å²) in [5.41, 5.74) is 5.51. The van der Waals surface area contributed by atoms with E-state index in [1.165, 1.54) is 18.2 Å². The van der Waals surface area contributed by atoms with Crippen LogP contribution in [0.25, 0.3) is 0 Å². The molecule has 0 atom stereocenters. The minimum absolute atomic E-state index is 0.222. The molecule has 0 fully saturated rings. The summed E-state index contributed by atoms with van der Waals surface area (Å²) in [4.78, 5) is 11.2. The molecule has 0 aromatic heterocycles. The van der Waals surface area contributed by atoms with Crippen LogP contribution in [0.5, 0.6) is 0 Å². The minimum atomic E-state index is -0.222. The van der Waals surface area contributed by atoms with E-state index in [1.54, 1.807) is 0 Å². The monoisotopic (exact) mass is 269 g/mol. The van der Waals surface area contributed by atoms with Crippen LogP contribution in [0.3, 0.4) is 0 Å². The Hall–Kier alpha value is -2.29. The van der Waals surface area contributed by atoms with Crippen molar-refractivity contribution in [1.82, 2.24) is 0 Å². The zero-order chi connectivity index (χ0) is 14.5. The van der Waals surface area contributed by atoms with Crippen LogP contribution < -0.4 is 5.32 Å². The maximum Gasteiger partial charge on any atom is 0.309 e. The summed E-state index contributed by atoms with van der Waals surface area (Å²) in [7, 11) is 1.40. The molecule has 20 heavy (non-hydrogen) atoms. The SMILES string of the molecule is COC(=O)Cc1ccc(Nc2c(C)cccc2C)cc1. The number of para-hydroxylation sites is 1. The van der Waals surface area contributed by atoms with Crippen LogP contribution in [0.4, 0.5) is 11.4 Å². The van der Waals surface area contributed by atoms with E-state index in [9.17, 15) is 4.79 Å². The van der Waals surface area contributed by atoms with Crippen molar-refractivity contribution < 1.29 is 9.53 Å². The first-order valence-electron chi connectivity index (χ1n) is 6.59. The van der Waals surface area contributed by atoms with Gasteiger partial charge in [0.05, 0.1) is 13.5 Å². The molecule has 0 bridgehead atoms. The molecule has 3 heteroatoms. The Labute approximate surface area is 119 Å². The number of nitrogens with one attached hydrogen (secondary N) is 1. The van der Waals surface area contributed by atoms with E-state index >= 15 is 0 Å². The summed E-state index contributed by atoms with van der Waals surface area (Å²) in [6.07, 6.45) is 0.306. The third kappa shape index (κ3) is 3.38. The Morgan fingerprint density at radius 1 is 1.05 bits per heavy atom. The van der Waals surface area contributed by atoms with Crippen LogP contribution in [0, 0.1) is 13.8 Å². The second kappa shape index (κ2) is 6.24. The van der Waals surface area contributed by atoms with Gasteiger partial charge < -0.3 is 10.1 Å². The van der Waals surface area contributed by atoms with E-state index < -0.39 is 0 Å². The van der Waals surface area contributed by atoms with Gasteiger partial charge in [-0.1, -0.05) is 30.3 Å². The zero-order valence-electron chi connectivity index (χ0n) is 12.1. The van der Waals surface area contributed by atoms with Crippen molar-refractivity contribution in [2.45, 2.75) is 20.3 Å². The summed E-state index contributed by atoms with van der Waals surface area (Å²) in [5, 5.41) is 3.42. The van der Waals surface area contributed by atoms with Gasteiger partial charge >= 0.3 is 5.97 Å². The highest BCUT2D eigenvalue weighted by Gasteiger charge is 2.04. The Morgan fingerprint density at radius 2 is 1.65 bits per heavy atom. The molecule has 0 heterocycles. The largest absolute Gasteiger partial charge is 0.469 e. The van der Waals surface area contributed by atoms with E-state index in [0.29, 0.717) is 6.42 Å². The number of rotatable bonds is 4. The summed E-state index contributed by atoms with van der Waals surface area (Å²) in [6.45, 7) is 4.17. The summed E-state index contributed by atoms with van der Waals surface area (Å²) >= 11 is 0. The third-order valence-electron chi connectivity index (χ3n) is 3.28. The molecule has 0 radical (unpaired) electrons. The highest BCUT2D eigenvalue weighted by atomic mass is 16.5. The first-order valence-corrected chi connectivity index (χ1v) is 6.59. The van der Waals surface area contributed by atoms with Crippen molar-refractivity contribution in [3.05, 3.63) is 59.2 Å². The number of esters is 1. The molecule has 1 N–H and O–H groups in total. The normalized spacial score (nSPS) is 10.2. The number of anilines is 2. The van der Waals surface area contributed by atoms with Gasteiger partial charge in [-0.25, -0.2) is 0 Å². The van der Waals surface area contributed by atoms with Crippen molar-refractivity contribution >= 4 is 17.3 Å². The summed E-state index contributed by atoms with van der Waals surface area (Å²) in [5.74, 6) is -0.222. The lowest BCUT2D eigenvalue weighted by atomic mass is 10.1. The van der Waals surface area contributed by atoms with Gasteiger partial charge in [0, 0.05) is 11.4 Å². The Morgan fingerprint density at radius 3 is 2.20 bits per heavy atom. The fourth-order valence-corrected chi connectivity index (χ4v) is 2.10. The maximum absolute atomic E-state index is 11.2. The van der Waals surface area contributed by atoms with Crippen LogP contribution in [0.1, 0.15) is 16.7 Å². The topological polar surface area (TPSA) is 38.3 Å². The Kier molecular flexibility index (Phi) is 4.41. The fraction of sp³-hybridized carbons (Fsp3) is 0.235. The molecule has 104 valence electrons. The maximum atomic E-state index is 11.2. The predicted octanol–water partition coefficient (Wildman–Crippen LogP) is 3.76. The number of carbonyl (C=O) groups excluding carboxylic acids is 1. The van der Waals surface area contributed by atoms with Crippen molar-refractivity contribution in [3.8, 4) is 0 Å². The summed E-state index contributed by atoms with van der Waals surface area (Å²) in [6, 6.07) is 14.0. The average molecular weight is 269 g/mol. The quantitative estimate of drug-likeness (QED) is 0.859. The van der Waals surface area contributed by atoms with Crippen molar-refractivity contribution in [2.24, 2.45) is 0 Å². The van der Waals surface area contributed by atoms with Gasteiger partial charge in [-0.3, -0.25) is 4.79 Å². The minimum Gasteiger partial charge on any atom is -0.469 e. The highest BCUT2D eigenvalue weighted by molar-refractivity contribution is 5.73. The lowest BCUT2D eigenvalue weighted by Gasteiger charge is -2.13. The molecular weight excluding hydrogens is 250 g/mol. The van der Waals surface area contributed by atoms with Crippen LogP contribution in [-0.4, -0.2) is 13.1 Å². The van der Waals surface area contributed by atoms with Gasteiger partial charge in [-0.05, 0) is 42.7 Å². The molecule has 0 amide bonds. The van der Waals surface area contributed by atoms with Gasteiger partial charge in [0.1, 0.15) is 0 Å². The molecule has 0 aliphatic rings. The number of methoxy groups -OCH3 is 1. The number of hydrogen-bond donors (Lipinski definition) is 1. The average Bonchev–Trinajstić information content (AvgIpc) is 2.44. The van der Waals surface area contributed by atoms with E-state index in [-0.39, 0.29) is 5.97 Å². The Bertz CT molecular complexity index is 583. The first-order chi connectivity index (χ1) is 9.60. The smallest absolute Gasteiger partial charge is 0.309 e. The number of aryl methyl sites for hydroxylation is 2. The second-order valence-corrected chi connectivity index (χ2v) is 4.84. The van der Waals surface area contributed by atoms with Crippen LogP contribution in [0.15, 0.2) is 42.5 Å². The van der Waals surface area contributed by atoms with Crippen LogP contribution in [0.2, 0.25) is 0 Å². The van der Waals surface area contributed by atoms with Crippen molar-refractivity contribution in [3.63, 3.8) is 0 Å². The molecule has 0 saturated carbocycles. The molecule has 0 aliphatic heterocycles. The molecule has 0 aliphatic carbocycles. The predicted molar refractivity (Wildman–Crippen MR) is 81.4 cm³/mol. The second-order valence-electron chi connectivity index (χ2n) is 4.84. The molecule has 3 nitrogen and oxygen atoms in total. The molecule has 0 unspecified atom stereocenters. The van der Waals surface area contributed by atoms with Gasteiger partial charge in [-0.15, -0.1) is 0 Å². The molecule has 2 rings (SSSR count). The number of benzene rings is 2. The lowest BCUT2D eigenvalue weighted by Crippen LogP contribution is -2.04. The van der Waals surface area contributed by atoms with Gasteiger partial charge in [0.15, 0.2) is 0 Å². The van der Waals surface area contributed by atoms with Gasteiger partial charge in [-0.2, -0.15) is 0 Å². The number of ether oxygens (including phenoxy) is 1. The van der Waals surface area contributed by atoms with Gasteiger partial charge in [0.25, 0.3) is 0 Å². The standard InChI is InChI=1S/C17H19NO2/c1-12-5-4-6-13(2)17(12)18-15-9-7-14(8-10-15)11-16(19)20-3/h4-10,18H,11H2,1-3H3. The molecular formula is C17H19NO2. The van der Waals surface area contributed by atoms with Gasteiger partial charge in [0.2, 0.25) is 0 Å².